The van der Waals surface area contributed by atoms with Crippen LogP contribution in [0.25, 0.3) is 10.4 Å². The van der Waals surface area contributed by atoms with Gasteiger partial charge in [-0.05, 0) is 93.3 Å². The Kier molecular flexibility index (Phi) is 20.8. The molecule has 2 fully saturated rings. The number of carbonyl (C=O) groups excluding carboxylic acids is 3. The molecular formula is C57H78ClN10O6PS. The van der Waals surface area contributed by atoms with Crippen LogP contribution in [-0.2, 0) is 25.5 Å². The molecule has 19 heteroatoms. The lowest BCUT2D eigenvalue weighted by molar-refractivity contribution is -0.142. The summed E-state index contributed by atoms with van der Waals surface area (Å²) in [7, 11) is -0.936. The quantitative estimate of drug-likeness (QED) is 0.0238. The number of methoxy groups -OCH3 is 1. The summed E-state index contributed by atoms with van der Waals surface area (Å²) in [6, 6.07) is 20.4. The number of aromatic nitrogens is 3. The molecule has 0 radical (unpaired) electrons. The van der Waals surface area contributed by atoms with Crippen molar-refractivity contribution in [1.82, 2.24) is 35.8 Å². The third kappa shape index (κ3) is 16.2. The van der Waals surface area contributed by atoms with Gasteiger partial charge in [-0.1, -0.05) is 107 Å². The van der Waals surface area contributed by atoms with Crippen molar-refractivity contribution in [3.05, 3.63) is 94.7 Å². The Labute approximate surface area is 458 Å². The minimum atomic E-state index is -2.56. The van der Waals surface area contributed by atoms with Gasteiger partial charge in [-0.15, -0.1) is 11.3 Å². The van der Waals surface area contributed by atoms with Gasteiger partial charge in [0, 0.05) is 62.1 Å². The van der Waals surface area contributed by atoms with Crippen LogP contribution in [0.5, 0.6) is 5.75 Å². The monoisotopic (exact) mass is 1100 g/mol. The van der Waals surface area contributed by atoms with E-state index in [1.54, 1.807) is 36.7 Å². The molecule has 410 valence electrons. The van der Waals surface area contributed by atoms with Gasteiger partial charge >= 0.3 is 0 Å². The highest BCUT2D eigenvalue weighted by Crippen LogP contribution is 2.39. The maximum absolute atomic E-state index is 14.1. The molecule has 0 saturated carbocycles. The average Bonchev–Trinajstić information content (AvgIpc) is 4.01. The Balaban J connectivity index is 0.748. The van der Waals surface area contributed by atoms with Gasteiger partial charge in [0.2, 0.25) is 23.7 Å². The van der Waals surface area contributed by atoms with E-state index in [2.05, 4.69) is 46.4 Å². The Morgan fingerprint density at radius 1 is 0.908 bits per heavy atom. The maximum atomic E-state index is 14.1. The second-order valence-electron chi connectivity index (χ2n) is 21.6. The van der Waals surface area contributed by atoms with Crippen molar-refractivity contribution in [2.45, 2.75) is 136 Å². The van der Waals surface area contributed by atoms with Crippen molar-refractivity contribution >= 4 is 81.9 Å². The number of benzene rings is 3. The summed E-state index contributed by atoms with van der Waals surface area (Å²) in [5.74, 6) is 1.06. The molecule has 0 unspecified atom stereocenters. The normalized spacial score (nSPS) is 16.6. The predicted octanol–water partition coefficient (Wildman–Crippen LogP) is 10.2. The van der Waals surface area contributed by atoms with Crippen LogP contribution in [0.1, 0.15) is 109 Å². The Bertz CT molecular complexity index is 2780. The number of amides is 3. The number of rotatable bonds is 25. The minimum absolute atomic E-state index is 0.123. The number of hydrogen-bond donors (Lipinski definition) is 6. The number of para-hydroxylation sites is 1. The number of carbonyl (C=O) groups is 3. The van der Waals surface area contributed by atoms with Gasteiger partial charge in [-0.25, -0.2) is 9.97 Å². The molecule has 4 heterocycles. The fourth-order valence-electron chi connectivity index (χ4n) is 9.99. The van der Waals surface area contributed by atoms with Crippen molar-refractivity contribution in [2.75, 3.05) is 62.2 Å². The molecule has 7 rings (SSSR count). The van der Waals surface area contributed by atoms with Crippen LogP contribution in [0.4, 0.5) is 28.8 Å². The van der Waals surface area contributed by atoms with Crippen molar-refractivity contribution in [2.24, 2.45) is 5.41 Å². The Hall–Kier alpha value is -5.58. The zero-order valence-corrected chi connectivity index (χ0v) is 47.8. The molecule has 2 aliphatic rings. The molecule has 0 aliphatic carbocycles. The highest BCUT2D eigenvalue weighted by molar-refractivity contribution is 7.70. The summed E-state index contributed by atoms with van der Waals surface area (Å²) in [6.45, 7) is 14.3. The number of nitrogens with zero attached hydrogens (tertiary/aromatic N) is 5. The van der Waals surface area contributed by atoms with E-state index in [9.17, 15) is 24.1 Å². The smallest absolute Gasteiger partial charge is 0.243 e. The molecule has 76 heavy (non-hydrogen) atoms. The second kappa shape index (κ2) is 27.1. The number of aliphatic hydroxyl groups is 1. The third-order valence-corrected chi connectivity index (χ3v) is 17.0. The summed E-state index contributed by atoms with van der Waals surface area (Å²) in [5.41, 5.74) is 6.87. The van der Waals surface area contributed by atoms with E-state index >= 15 is 0 Å². The van der Waals surface area contributed by atoms with E-state index in [1.807, 2.05) is 99.9 Å². The van der Waals surface area contributed by atoms with Crippen molar-refractivity contribution in [3.8, 4) is 16.2 Å². The lowest BCUT2D eigenvalue weighted by Crippen LogP contribution is -2.56. The highest BCUT2D eigenvalue weighted by Gasteiger charge is 2.43. The first-order chi connectivity index (χ1) is 36.4. The Morgan fingerprint density at radius 2 is 1.61 bits per heavy atom. The number of thiazole rings is 1. The van der Waals surface area contributed by atoms with Gasteiger partial charge < -0.3 is 50.8 Å². The average molecular weight is 1100 g/mol. The van der Waals surface area contributed by atoms with Crippen molar-refractivity contribution in [1.29, 1.82) is 0 Å². The molecule has 3 atom stereocenters. The molecule has 6 N–H and O–H groups in total. The molecule has 5 aromatic rings. The second-order valence-corrected chi connectivity index (χ2v) is 26.1. The zero-order chi connectivity index (χ0) is 54.4. The van der Waals surface area contributed by atoms with Gasteiger partial charge in [0.05, 0.1) is 52.9 Å². The molecule has 2 saturated heterocycles. The topological polar surface area (TPSA) is 203 Å². The summed E-state index contributed by atoms with van der Waals surface area (Å²) >= 11 is 8.08. The lowest BCUT2D eigenvalue weighted by atomic mass is 9.85. The summed E-state index contributed by atoms with van der Waals surface area (Å²) < 4.78 is 18.7. The largest absolute Gasteiger partial charge is 0.494 e. The van der Waals surface area contributed by atoms with Crippen LogP contribution in [0.15, 0.2) is 78.4 Å². The van der Waals surface area contributed by atoms with E-state index in [0.29, 0.717) is 58.7 Å². The van der Waals surface area contributed by atoms with Crippen LogP contribution in [-0.4, -0.2) is 114 Å². The van der Waals surface area contributed by atoms with Gasteiger partial charge in [-0.2, -0.15) is 4.98 Å². The van der Waals surface area contributed by atoms with Crippen molar-refractivity contribution in [3.63, 3.8) is 0 Å². The number of ether oxygens (including phenoxy) is 1. The van der Waals surface area contributed by atoms with Gasteiger partial charge in [0.15, 0.2) is 5.82 Å². The number of β-amino-alcohol motifs (C(OH)–C–C–N with tert-alkyl or cyclic N) is 1. The Morgan fingerprint density at radius 3 is 2.28 bits per heavy atom. The standard InChI is InChI=1S/C57H78ClN10O6PS/c1-38-51(76-37-62-38)40-23-21-39(22-24-40)34-60-54(71)47-33-43(69)36-68(47)55(72)52(57(2,3)4)59-29-17-13-11-9-8-10-12-14-20-50(70)63-41-27-30-67(31-28-41)42-25-26-45(48(32-42)74-5)65-56-61-35-44(58)53(66-56)64-46-18-15-16-19-49(46)75(6,7)73/h15-16,18-19,21-26,32,35,37,41,43,47,52,59,69H,8-14,17,20,27-31,33-34,36H2,1-7H3,(H,60,71)(H,63,70)(H2,61,64,65,66)/t43-,47+,52-/m1/s1. The van der Waals surface area contributed by atoms with E-state index in [4.69, 9.17) is 16.3 Å². The molecular weight excluding hydrogens is 1020 g/mol. The summed E-state index contributed by atoms with van der Waals surface area (Å²) in [5, 5.41) is 28.0. The predicted molar refractivity (Wildman–Crippen MR) is 309 cm³/mol. The first kappa shape index (κ1) is 58.1. The van der Waals surface area contributed by atoms with E-state index in [-0.39, 0.29) is 36.7 Å². The lowest BCUT2D eigenvalue weighted by Gasteiger charge is -2.35. The van der Waals surface area contributed by atoms with Crippen LogP contribution in [0.2, 0.25) is 5.02 Å². The number of unbranched alkanes of at least 4 members (excludes halogenated alkanes) is 7. The van der Waals surface area contributed by atoms with E-state index in [1.165, 1.54) is 6.20 Å². The molecule has 3 aromatic carbocycles. The van der Waals surface area contributed by atoms with Gasteiger partial charge in [-0.3, -0.25) is 14.4 Å². The van der Waals surface area contributed by atoms with Gasteiger partial charge in [0.25, 0.3) is 0 Å². The number of likely N-dealkylation sites (tertiary alicyclic amines) is 1. The number of aliphatic hydroxyl groups excluding tert-OH is 1. The van der Waals surface area contributed by atoms with Crippen molar-refractivity contribution < 1.29 is 28.8 Å². The molecule has 2 aliphatic heterocycles. The first-order valence-corrected chi connectivity index (χ1v) is 30.7. The minimum Gasteiger partial charge on any atom is -0.494 e. The number of anilines is 5. The maximum Gasteiger partial charge on any atom is 0.243 e. The zero-order valence-electron chi connectivity index (χ0n) is 45.3. The van der Waals surface area contributed by atoms with E-state index < -0.39 is 30.7 Å². The van der Waals surface area contributed by atoms with E-state index in [0.717, 1.165) is 105 Å². The van der Waals surface area contributed by atoms with Gasteiger partial charge in [0.1, 0.15) is 24.0 Å². The van der Waals surface area contributed by atoms with Crippen LogP contribution >= 0.6 is 30.1 Å². The molecule has 0 bridgehead atoms. The number of nitrogens with one attached hydrogen (secondary N) is 5. The van der Waals surface area contributed by atoms with Crippen LogP contribution in [0.3, 0.4) is 0 Å². The third-order valence-electron chi connectivity index (χ3n) is 14.2. The molecule has 3 amide bonds. The molecule has 2 aromatic heterocycles. The fraction of sp³-hybridized carbons (Fsp3) is 0.509. The first-order valence-electron chi connectivity index (χ1n) is 26.8. The number of hydrogen-bond acceptors (Lipinski definition) is 14. The molecule has 16 nitrogen and oxygen atoms in total. The number of aryl methyl sites for hydroxylation is 1. The van der Waals surface area contributed by atoms with Crippen LogP contribution in [0, 0.1) is 12.3 Å². The fourth-order valence-corrected chi connectivity index (χ4v) is 12.1. The number of piperidine rings is 1. The highest BCUT2D eigenvalue weighted by atomic mass is 35.5. The number of halogens is 1. The molecule has 0 spiro atoms. The summed E-state index contributed by atoms with van der Waals surface area (Å²) in [6.07, 6.45) is 11.6. The SMILES string of the molecule is COc1cc(N2CCC(NC(=O)CCCCCCCCCCN[C@H](C(=O)N3C[C@H](O)C[C@H]3C(=O)NCc3ccc(-c4scnc4C)cc3)C(C)(C)C)CC2)ccc1Nc1ncc(Cl)c(Nc2ccccc2P(C)(C)=O)n1. The van der Waals surface area contributed by atoms with Crippen LogP contribution < -0.4 is 41.5 Å². The summed E-state index contributed by atoms with van der Waals surface area (Å²) in [4.78, 5) is 58.8.